The fraction of sp³-hybridized carbons (Fsp3) is 0.444. The van der Waals surface area contributed by atoms with Crippen molar-refractivity contribution in [3.8, 4) is 0 Å². The molecule has 0 saturated carbocycles. The summed E-state index contributed by atoms with van der Waals surface area (Å²) in [6.07, 6.45) is 0. The van der Waals surface area contributed by atoms with E-state index < -0.39 is 0 Å². The molecule has 0 aliphatic rings. The molecule has 0 nitrogen and oxygen atoms in total. The van der Waals surface area contributed by atoms with E-state index in [1.54, 1.807) is 0 Å². The quantitative estimate of drug-likeness (QED) is 0.575. The minimum Gasteiger partial charge on any atom is -0.0616 e. The first kappa shape index (κ1) is 13.1. The molecule has 0 bridgehead atoms. The zero-order valence-corrected chi connectivity index (χ0v) is 12.5. The molecule has 0 heteroatoms. The second kappa shape index (κ2) is 4.12. The lowest BCUT2D eigenvalue weighted by molar-refractivity contribution is 0.534. The average Bonchev–Trinajstić information content (AvgIpc) is 2.24. The average molecular weight is 240 g/mol. The maximum Gasteiger partial charge on any atom is -0.0123 e. The van der Waals surface area contributed by atoms with Gasteiger partial charge < -0.3 is 0 Å². The first-order chi connectivity index (χ1) is 8.21. The Morgan fingerprint density at radius 1 is 0.667 bits per heavy atom. The molecule has 0 unspecified atom stereocenters. The number of benzene rings is 2. The molecule has 0 radical (unpaired) electrons. The summed E-state index contributed by atoms with van der Waals surface area (Å²) in [5.74, 6) is 0. The summed E-state index contributed by atoms with van der Waals surface area (Å²) in [7, 11) is 0. The smallest absolute Gasteiger partial charge is 0.0123 e. The summed E-state index contributed by atoms with van der Waals surface area (Å²) in [4.78, 5) is 0. The topological polar surface area (TPSA) is 0 Å². The van der Waals surface area contributed by atoms with E-state index in [-0.39, 0.29) is 10.8 Å². The molecule has 2 aromatic carbocycles. The fourth-order valence-electron chi connectivity index (χ4n) is 2.70. The predicted octanol–water partition coefficient (Wildman–Crippen LogP) is 5.43. The van der Waals surface area contributed by atoms with Crippen LogP contribution in [-0.4, -0.2) is 0 Å². The summed E-state index contributed by atoms with van der Waals surface area (Å²) in [6.45, 7) is 13.8. The lowest BCUT2D eigenvalue weighted by atomic mass is 9.73. The third-order valence-corrected chi connectivity index (χ3v) is 3.49. The van der Waals surface area contributed by atoms with Gasteiger partial charge in [0.15, 0.2) is 0 Å². The van der Waals surface area contributed by atoms with Crippen LogP contribution in [0.4, 0.5) is 0 Å². The van der Waals surface area contributed by atoms with Gasteiger partial charge in [-0.05, 0) is 32.7 Å². The van der Waals surface area contributed by atoms with Crippen molar-refractivity contribution >= 4 is 10.8 Å². The molecule has 2 aromatic rings. The van der Waals surface area contributed by atoms with E-state index in [2.05, 4.69) is 77.9 Å². The van der Waals surface area contributed by atoms with Crippen molar-refractivity contribution < 1.29 is 0 Å². The highest BCUT2D eigenvalue weighted by atomic mass is 14.3. The summed E-state index contributed by atoms with van der Waals surface area (Å²) < 4.78 is 0. The van der Waals surface area contributed by atoms with E-state index in [0.29, 0.717) is 0 Å². The number of fused-ring (bicyclic) bond motifs is 1. The molecule has 96 valence electrons. The van der Waals surface area contributed by atoms with Crippen molar-refractivity contribution in [1.29, 1.82) is 0 Å². The lowest BCUT2D eigenvalue weighted by Gasteiger charge is -2.31. The molecule has 0 aliphatic carbocycles. The molecule has 0 N–H and O–H groups in total. The molecule has 0 aliphatic heterocycles. The van der Waals surface area contributed by atoms with Crippen LogP contribution in [-0.2, 0) is 10.8 Å². The van der Waals surface area contributed by atoms with Gasteiger partial charge in [0, 0.05) is 0 Å². The number of hydrogen-bond acceptors (Lipinski definition) is 0. The van der Waals surface area contributed by atoms with Crippen molar-refractivity contribution in [2.24, 2.45) is 0 Å². The van der Waals surface area contributed by atoms with E-state index in [9.17, 15) is 0 Å². The first-order valence-electron chi connectivity index (χ1n) is 6.74. The maximum absolute atomic E-state index is 2.31. The minimum atomic E-state index is 0.170. The van der Waals surface area contributed by atoms with E-state index in [0.717, 1.165) is 0 Å². The highest BCUT2D eigenvalue weighted by Crippen LogP contribution is 2.38. The Morgan fingerprint density at radius 3 is 1.83 bits per heavy atom. The fourth-order valence-corrected chi connectivity index (χ4v) is 2.70. The lowest BCUT2D eigenvalue weighted by Crippen LogP contribution is -2.22. The van der Waals surface area contributed by atoms with Gasteiger partial charge in [-0.2, -0.15) is 0 Å². The second-order valence-corrected chi connectivity index (χ2v) is 7.21. The van der Waals surface area contributed by atoms with Gasteiger partial charge in [0.2, 0.25) is 0 Å². The van der Waals surface area contributed by atoms with Crippen molar-refractivity contribution in [3.05, 3.63) is 47.5 Å². The maximum atomic E-state index is 2.31. The molecule has 2 rings (SSSR count). The minimum absolute atomic E-state index is 0.170. The normalized spacial score (nSPS) is 13.0. The van der Waals surface area contributed by atoms with Gasteiger partial charge in [-0.25, -0.2) is 0 Å². The van der Waals surface area contributed by atoms with Crippen LogP contribution in [0.15, 0.2) is 36.4 Å². The Morgan fingerprint density at radius 2 is 1.28 bits per heavy atom. The molecular formula is C18H24. The van der Waals surface area contributed by atoms with Gasteiger partial charge in [-0.15, -0.1) is 0 Å². The Kier molecular flexibility index (Phi) is 3.01. The monoisotopic (exact) mass is 240 g/mol. The molecule has 0 amide bonds. The zero-order chi connectivity index (χ0) is 13.6. The van der Waals surface area contributed by atoms with Gasteiger partial charge in [-0.3, -0.25) is 0 Å². The van der Waals surface area contributed by atoms with Crippen LogP contribution in [0.1, 0.15) is 52.7 Å². The standard InChI is InChI=1S/C18H24/c1-17(2,3)15-12-11-13-9-7-8-10-14(13)16(15)18(4,5)6/h7-12H,1-6H3. The van der Waals surface area contributed by atoms with Crippen molar-refractivity contribution in [2.75, 3.05) is 0 Å². The van der Waals surface area contributed by atoms with Gasteiger partial charge in [0.1, 0.15) is 0 Å². The van der Waals surface area contributed by atoms with Crippen LogP contribution >= 0.6 is 0 Å². The van der Waals surface area contributed by atoms with E-state index in [1.807, 2.05) is 0 Å². The van der Waals surface area contributed by atoms with Crippen LogP contribution in [0.25, 0.3) is 10.8 Å². The predicted molar refractivity (Wildman–Crippen MR) is 81.3 cm³/mol. The molecule has 0 aromatic heterocycles. The van der Waals surface area contributed by atoms with Gasteiger partial charge in [-0.1, -0.05) is 77.9 Å². The van der Waals surface area contributed by atoms with Gasteiger partial charge in [0.25, 0.3) is 0 Å². The Balaban J connectivity index is 2.89. The third-order valence-electron chi connectivity index (χ3n) is 3.49. The van der Waals surface area contributed by atoms with E-state index >= 15 is 0 Å². The second-order valence-electron chi connectivity index (χ2n) is 7.21. The Bertz CT molecular complexity index is 563. The Hall–Kier alpha value is -1.30. The molecular weight excluding hydrogens is 216 g/mol. The summed E-state index contributed by atoms with van der Waals surface area (Å²) >= 11 is 0. The molecule has 0 heterocycles. The molecule has 18 heavy (non-hydrogen) atoms. The summed E-state index contributed by atoms with van der Waals surface area (Å²) in [5, 5.41) is 2.74. The molecule has 0 atom stereocenters. The largest absolute Gasteiger partial charge is 0.0616 e. The van der Waals surface area contributed by atoms with Crippen LogP contribution in [0.3, 0.4) is 0 Å². The Labute approximate surface area is 111 Å². The highest BCUT2D eigenvalue weighted by molar-refractivity contribution is 5.88. The van der Waals surface area contributed by atoms with E-state index in [1.165, 1.54) is 21.9 Å². The molecule has 0 spiro atoms. The van der Waals surface area contributed by atoms with Crippen molar-refractivity contribution in [2.45, 2.75) is 52.4 Å². The third kappa shape index (κ3) is 2.29. The number of hydrogen-bond donors (Lipinski definition) is 0. The molecule has 0 fully saturated rings. The summed E-state index contributed by atoms with van der Waals surface area (Å²) in [5.41, 5.74) is 3.32. The first-order valence-corrected chi connectivity index (χ1v) is 6.74. The zero-order valence-electron chi connectivity index (χ0n) is 12.5. The SMILES string of the molecule is CC(C)(C)c1ccc2ccccc2c1C(C)(C)C. The van der Waals surface area contributed by atoms with Crippen LogP contribution < -0.4 is 0 Å². The van der Waals surface area contributed by atoms with Crippen LogP contribution in [0.5, 0.6) is 0 Å². The van der Waals surface area contributed by atoms with Crippen LogP contribution in [0.2, 0.25) is 0 Å². The van der Waals surface area contributed by atoms with Crippen LogP contribution in [0, 0.1) is 0 Å². The number of rotatable bonds is 0. The molecule has 0 saturated heterocycles. The van der Waals surface area contributed by atoms with Gasteiger partial charge >= 0.3 is 0 Å². The highest BCUT2D eigenvalue weighted by Gasteiger charge is 2.26. The van der Waals surface area contributed by atoms with Crippen molar-refractivity contribution in [3.63, 3.8) is 0 Å². The van der Waals surface area contributed by atoms with Crippen molar-refractivity contribution in [1.82, 2.24) is 0 Å². The van der Waals surface area contributed by atoms with Gasteiger partial charge in [0.05, 0.1) is 0 Å². The summed E-state index contributed by atoms with van der Waals surface area (Å²) in [6, 6.07) is 13.3. The van der Waals surface area contributed by atoms with E-state index in [4.69, 9.17) is 0 Å².